The first-order chi connectivity index (χ1) is 4.70. The Bertz CT molecular complexity index is 98.9. The Hall–Kier alpha value is -0.0400. The van der Waals surface area contributed by atoms with Crippen LogP contribution in [-0.2, 0) is 0 Å². The van der Waals surface area contributed by atoms with Crippen LogP contribution >= 0.6 is 0 Å². The molecule has 0 aromatic heterocycles. The lowest BCUT2D eigenvalue weighted by Gasteiger charge is -2.30. The Morgan fingerprint density at radius 3 is 2.50 bits per heavy atom. The second kappa shape index (κ2) is 3.38. The number of nitrogens with one attached hydrogen (secondary N) is 1. The molecule has 1 aliphatic heterocycles. The summed E-state index contributed by atoms with van der Waals surface area (Å²) in [4.78, 5) is 0. The summed E-state index contributed by atoms with van der Waals surface area (Å²) in [6.45, 7) is 8.18. The zero-order valence-corrected chi connectivity index (χ0v) is 7.35. The van der Waals surface area contributed by atoms with E-state index >= 15 is 0 Å². The van der Waals surface area contributed by atoms with Gasteiger partial charge < -0.3 is 5.32 Å². The summed E-state index contributed by atoms with van der Waals surface area (Å²) in [5, 5.41) is 3.47. The molecule has 1 heteroatoms. The molecule has 0 aliphatic carbocycles. The standard InChI is InChI=1S/C9H19N/c1-7(2)9-4-5-10-8(3)6-9/h7-10H,4-6H2,1-3H3/t8-,9+/m1/s1. The Kier molecular flexibility index (Phi) is 2.72. The van der Waals surface area contributed by atoms with Crippen LogP contribution in [0.15, 0.2) is 0 Å². The van der Waals surface area contributed by atoms with Crippen molar-refractivity contribution in [3.63, 3.8) is 0 Å². The molecule has 1 aliphatic rings. The normalized spacial score (nSPS) is 34.8. The highest BCUT2D eigenvalue weighted by molar-refractivity contribution is 4.76. The smallest absolute Gasteiger partial charge is 0.00414 e. The van der Waals surface area contributed by atoms with Gasteiger partial charge in [0.05, 0.1) is 0 Å². The van der Waals surface area contributed by atoms with Crippen molar-refractivity contribution in [2.24, 2.45) is 11.8 Å². The van der Waals surface area contributed by atoms with Gasteiger partial charge in [-0.25, -0.2) is 0 Å². The molecule has 0 spiro atoms. The molecule has 0 unspecified atom stereocenters. The third-order valence-corrected chi connectivity index (χ3v) is 2.61. The first kappa shape index (κ1) is 8.06. The van der Waals surface area contributed by atoms with Gasteiger partial charge >= 0.3 is 0 Å². The van der Waals surface area contributed by atoms with Gasteiger partial charge in [0.15, 0.2) is 0 Å². The molecule has 0 bridgehead atoms. The maximum absolute atomic E-state index is 3.47. The minimum Gasteiger partial charge on any atom is -0.314 e. The van der Waals surface area contributed by atoms with Crippen LogP contribution in [0.1, 0.15) is 33.6 Å². The summed E-state index contributed by atoms with van der Waals surface area (Å²) < 4.78 is 0. The van der Waals surface area contributed by atoms with Crippen LogP contribution in [0.4, 0.5) is 0 Å². The molecule has 0 aromatic carbocycles. The van der Waals surface area contributed by atoms with E-state index in [-0.39, 0.29) is 0 Å². The summed E-state index contributed by atoms with van der Waals surface area (Å²) >= 11 is 0. The largest absolute Gasteiger partial charge is 0.314 e. The molecule has 2 atom stereocenters. The first-order valence-corrected chi connectivity index (χ1v) is 4.43. The van der Waals surface area contributed by atoms with Gasteiger partial charge in [0.25, 0.3) is 0 Å². The molecule has 60 valence electrons. The van der Waals surface area contributed by atoms with Crippen molar-refractivity contribution in [3.8, 4) is 0 Å². The predicted octanol–water partition coefficient (Wildman–Crippen LogP) is 2.03. The van der Waals surface area contributed by atoms with Crippen molar-refractivity contribution in [2.75, 3.05) is 6.54 Å². The predicted molar refractivity (Wildman–Crippen MR) is 45.0 cm³/mol. The lowest BCUT2D eigenvalue weighted by atomic mass is 9.84. The molecule has 1 nitrogen and oxygen atoms in total. The molecule has 1 rings (SSSR count). The summed E-state index contributed by atoms with van der Waals surface area (Å²) in [5.41, 5.74) is 0. The Balaban J connectivity index is 2.32. The molecule has 10 heavy (non-hydrogen) atoms. The van der Waals surface area contributed by atoms with Crippen LogP contribution in [0.25, 0.3) is 0 Å². The van der Waals surface area contributed by atoms with Gasteiger partial charge in [-0.3, -0.25) is 0 Å². The van der Waals surface area contributed by atoms with Gasteiger partial charge in [-0.05, 0) is 38.1 Å². The van der Waals surface area contributed by atoms with Crippen molar-refractivity contribution in [3.05, 3.63) is 0 Å². The summed E-state index contributed by atoms with van der Waals surface area (Å²) in [5.74, 6) is 1.85. The van der Waals surface area contributed by atoms with Gasteiger partial charge in [-0.15, -0.1) is 0 Å². The molecule has 1 N–H and O–H groups in total. The van der Waals surface area contributed by atoms with E-state index in [1.165, 1.54) is 19.4 Å². The molecular formula is C9H19N. The van der Waals surface area contributed by atoms with Gasteiger partial charge in [-0.2, -0.15) is 0 Å². The third-order valence-electron chi connectivity index (χ3n) is 2.61. The van der Waals surface area contributed by atoms with Crippen molar-refractivity contribution in [2.45, 2.75) is 39.7 Å². The topological polar surface area (TPSA) is 12.0 Å². The third kappa shape index (κ3) is 1.98. The van der Waals surface area contributed by atoms with Gasteiger partial charge in [0, 0.05) is 6.04 Å². The van der Waals surface area contributed by atoms with E-state index in [9.17, 15) is 0 Å². The van der Waals surface area contributed by atoms with E-state index in [4.69, 9.17) is 0 Å². The fraction of sp³-hybridized carbons (Fsp3) is 1.00. The molecular weight excluding hydrogens is 122 g/mol. The molecule has 1 fully saturated rings. The van der Waals surface area contributed by atoms with Gasteiger partial charge in [0.1, 0.15) is 0 Å². The first-order valence-electron chi connectivity index (χ1n) is 4.43. The fourth-order valence-electron chi connectivity index (χ4n) is 1.78. The fourth-order valence-corrected chi connectivity index (χ4v) is 1.78. The summed E-state index contributed by atoms with van der Waals surface area (Å²) in [6, 6.07) is 0.751. The van der Waals surface area contributed by atoms with Gasteiger partial charge in [-0.1, -0.05) is 13.8 Å². The maximum Gasteiger partial charge on any atom is 0.00414 e. The average molecular weight is 141 g/mol. The lowest BCUT2D eigenvalue weighted by Crippen LogP contribution is -2.37. The average Bonchev–Trinajstić information content (AvgIpc) is 1.88. The van der Waals surface area contributed by atoms with E-state index in [2.05, 4.69) is 26.1 Å². The van der Waals surface area contributed by atoms with Crippen LogP contribution in [0, 0.1) is 11.8 Å². The lowest BCUT2D eigenvalue weighted by molar-refractivity contribution is 0.252. The molecule has 0 radical (unpaired) electrons. The summed E-state index contributed by atoms with van der Waals surface area (Å²) in [7, 11) is 0. The second-order valence-corrected chi connectivity index (χ2v) is 3.88. The number of rotatable bonds is 1. The van der Waals surface area contributed by atoms with Crippen LogP contribution in [0.3, 0.4) is 0 Å². The van der Waals surface area contributed by atoms with E-state index in [0.717, 1.165) is 17.9 Å². The Morgan fingerprint density at radius 1 is 1.40 bits per heavy atom. The highest BCUT2D eigenvalue weighted by Gasteiger charge is 2.20. The monoisotopic (exact) mass is 141 g/mol. The van der Waals surface area contributed by atoms with E-state index in [1.807, 2.05) is 0 Å². The van der Waals surface area contributed by atoms with Crippen LogP contribution in [-0.4, -0.2) is 12.6 Å². The molecule has 1 heterocycles. The number of hydrogen-bond acceptors (Lipinski definition) is 1. The van der Waals surface area contributed by atoms with Crippen LogP contribution in [0.2, 0.25) is 0 Å². The minimum absolute atomic E-state index is 0.751. The molecule has 1 saturated heterocycles. The van der Waals surface area contributed by atoms with Crippen molar-refractivity contribution in [1.29, 1.82) is 0 Å². The molecule has 0 amide bonds. The summed E-state index contributed by atoms with van der Waals surface area (Å²) in [6.07, 6.45) is 2.75. The zero-order valence-electron chi connectivity index (χ0n) is 7.35. The maximum atomic E-state index is 3.47. The van der Waals surface area contributed by atoms with Crippen molar-refractivity contribution >= 4 is 0 Å². The van der Waals surface area contributed by atoms with E-state index in [0.29, 0.717) is 0 Å². The molecule has 0 aromatic rings. The number of hydrogen-bond donors (Lipinski definition) is 1. The quantitative estimate of drug-likeness (QED) is 0.589. The van der Waals surface area contributed by atoms with E-state index in [1.54, 1.807) is 0 Å². The number of piperidine rings is 1. The highest BCUT2D eigenvalue weighted by atomic mass is 14.9. The zero-order chi connectivity index (χ0) is 7.56. The van der Waals surface area contributed by atoms with Crippen LogP contribution in [0.5, 0.6) is 0 Å². The van der Waals surface area contributed by atoms with E-state index < -0.39 is 0 Å². The van der Waals surface area contributed by atoms with Crippen LogP contribution < -0.4 is 5.32 Å². The SMILES string of the molecule is CC(C)[C@H]1CCN[C@H](C)C1. The van der Waals surface area contributed by atoms with Crippen molar-refractivity contribution in [1.82, 2.24) is 5.32 Å². The Morgan fingerprint density at radius 2 is 2.10 bits per heavy atom. The van der Waals surface area contributed by atoms with Crippen molar-refractivity contribution < 1.29 is 0 Å². The Labute approximate surface area is 64.2 Å². The van der Waals surface area contributed by atoms with Gasteiger partial charge in [0.2, 0.25) is 0 Å². The minimum atomic E-state index is 0.751. The second-order valence-electron chi connectivity index (χ2n) is 3.88. The molecule has 0 saturated carbocycles. The highest BCUT2D eigenvalue weighted by Crippen LogP contribution is 2.23.